The summed E-state index contributed by atoms with van der Waals surface area (Å²) >= 11 is 0. The number of nitrogens with two attached hydrogens (primary N) is 1. The molecule has 0 aliphatic heterocycles. The number of hydrogen-bond donors (Lipinski definition) is 2. The van der Waals surface area contributed by atoms with Crippen molar-refractivity contribution in [2.45, 2.75) is 5.03 Å². The summed E-state index contributed by atoms with van der Waals surface area (Å²) in [5.74, 6) is 0. The van der Waals surface area contributed by atoms with Crippen molar-refractivity contribution in [3.63, 3.8) is 0 Å². The van der Waals surface area contributed by atoms with Crippen LogP contribution in [0.2, 0.25) is 0 Å². The Bertz CT molecular complexity index is 348. The van der Waals surface area contributed by atoms with Crippen molar-refractivity contribution in [3.8, 4) is 0 Å². The van der Waals surface area contributed by atoms with Crippen LogP contribution in [-0.2, 0) is 14.8 Å². The second-order valence-corrected chi connectivity index (χ2v) is 3.33. The van der Waals surface area contributed by atoms with E-state index in [2.05, 4.69) is 4.98 Å². The molecule has 3 N–H and O–H groups in total. The van der Waals surface area contributed by atoms with Gasteiger partial charge < -0.3 is 5.11 Å². The maximum absolute atomic E-state index is 10.5. The quantitative estimate of drug-likeness (QED) is 0.595. The Balaban J connectivity index is 0.000000424. The molecule has 6 nitrogen and oxygen atoms in total. The summed E-state index contributed by atoms with van der Waals surface area (Å²) in [4.78, 5) is 11.9. The Kier molecular flexibility index (Phi) is 4.63. The molecular weight excluding hydrogens is 196 g/mol. The third kappa shape index (κ3) is 4.88. The normalized spacial score (nSPS) is 9.62. The van der Waals surface area contributed by atoms with Crippen LogP contribution in [0.3, 0.4) is 0 Å². The van der Waals surface area contributed by atoms with Crippen molar-refractivity contribution in [2.75, 3.05) is 0 Å². The van der Waals surface area contributed by atoms with Crippen molar-refractivity contribution in [2.24, 2.45) is 5.14 Å². The molecule has 1 aromatic rings. The number of carbonyl (C=O) groups is 1. The van der Waals surface area contributed by atoms with Crippen LogP contribution in [0, 0.1) is 0 Å². The molecule has 72 valence electrons. The molecule has 0 bridgehead atoms. The van der Waals surface area contributed by atoms with Crippen LogP contribution in [0.5, 0.6) is 0 Å². The summed E-state index contributed by atoms with van der Waals surface area (Å²) in [6.45, 7) is -0.250. The molecular formula is C6H8N2O4S. The van der Waals surface area contributed by atoms with Gasteiger partial charge in [0.25, 0.3) is 16.5 Å². The molecule has 0 saturated heterocycles. The monoisotopic (exact) mass is 204 g/mol. The highest BCUT2D eigenvalue weighted by molar-refractivity contribution is 7.89. The van der Waals surface area contributed by atoms with Crippen molar-refractivity contribution < 1.29 is 18.3 Å². The highest BCUT2D eigenvalue weighted by atomic mass is 32.2. The number of aromatic nitrogens is 1. The van der Waals surface area contributed by atoms with E-state index in [1.54, 1.807) is 12.1 Å². The van der Waals surface area contributed by atoms with E-state index in [0.29, 0.717) is 0 Å². The van der Waals surface area contributed by atoms with E-state index in [0.717, 1.165) is 0 Å². The molecule has 0 amide bonds. The number of rotatable bonds is 1. The van der Waals surface area contributed by atoms with Crippen molar-refractivity contribution in [1.82, 2.24) is 4.98 Å². The topological polar surface area (TPSA) is 110 Å². The van der Waals surface area contributed by atoms with E-state index in [1.807, 2.05) is 0 Å². The number of carboxylic acid groups (broad SMARTS) is 1. The van der Waals surface area contributed by atoms with Crippen LogP contribution in [0.15, 0.2) is 29.4 Å². The molecule has 0 unspecified atom stereocenters. The van der Waals surface area contributed by atoms with Crippen LogP contribution in [0.4, 0.5) is 0 Å². The fraction of sp³-hybridized carbons (Fsp3) is 0. The molecule has 0 aromatic carbocycles. The highest BCUT2D eigenvalue weighted by Crippen LogP contribution is 1.98. The van der Waals surface area contributed by atoms with Gasteiger partial charge in [-0.1, -0.05) is 6.07 Å². The van der Waals surface area contributed by atoms with Gasteiger partial charge in [-0.05, 0) is 12.1 Å². The van der Waals surface area contributed by atoms with E-state index in [4.69, 9.17) is 15.0 Å². The lowest BCUT2D eigenvalue weighted by Gasteiger charge is -1.92. The predicted octanol–water partition coefficient (Wildman–Crippen LogP) is -0.570. The zero-order chi connectivity index (χ0) is 10.3. The first-order valence-corrected chi connectivity index (χ1v) is 4.58. The van der Waals surface area contributed by atoms with E-state index in [1.165, 1.54) is 12.3 Å². The highest BCUT2D eigenvalue weighted by Gasteiger charge is 2.05. The predicted molar refractivity (Wildman–Crippen MR) is 44.3 cm³/mol. The molecule has 0 saturated carbocycles. The first-order valence-electron chi connectivity index (χ1n) is 3.04. The summed E-state index contributed by atoms with van der Waals surface area (Å²) in [6.07, 6.45) is 1.37. The molecule has 1 heterocycles. The molecule has 0 atom stereocenters. The summed E-state index contributed by atoms with van der Waals surface area (Å²) in [5.41, 5.74) is 0. The van der Waals surface area contributed by atoms with Gasteiger partial charge in [-0.2, -0.15) is 0 Å². The Morgan fingerprint density at radius 3 is 2.23 bits per heavy atom. The van der Waals surface area contributed by atoms with Gasteiger partial charge in [-0.15, -0.1) is 0 Å². The van der Waals surface area contributed by atoms with Crippen LogP contribution < -0.4 is 5.14 Å². The molecule has 13 heavy (non-hydrogen) atoms. The lowest BCUT2D eigenvalue weighted by atomic mass is 10.5. The van der Waals surface area contributed by atoms with Gasteiger partial charge in [0.15, 0.2) is 5.03 Å². The number of nitrogens with zero attached hydrogens (tertiary/aromatic N) is 1. The number of primary sulfonamides is 1. The first-order chi connectivity index (χ1) is 6.02. The van der Waals surface area contributed by atoms with E-state index >= 15 is 0 Å². The number of sulfonamides is 1. The zero-order valence-electron chi connectivity index (χ0n) is 6.49. The van der Waals surface area contributed by atoms with Crippen LogP contribution in [0.25, 0.3) is 0 Å². The second kappa shape index (κ2) is 5.22. The van der Waals surface area contributed by atoms with Crippen LogP contribution in [0.1, 0.15) is 0 Å². The molecule has 7 heteroatoms. The van der Waals surface area contributed by atoms with Gasteiger partial charge in [0.1, 0.15) is 0 Å². The second-order valence-electron chi connectivity index (χ2n) is 1.82. The first kappa shape index (κ1) is 11.5. The molecule has 0 fully saturated rings. The summed E-state index contributed by atoms with van der Waals surface area (Å²) < 4.78 is 21.1. The third-order valence-electron chi connectivity index (χ3n) is 0.929. The van der Waals surface area contributed by atoms with Gasteiger partial charge in [-0.3, -0.25) is 4.79 Å². The molecule has 0 aliphatic carbocycles. The Morgan fingerprint density at radius 2 is 2.00 bits per heavy atom. The van der Waals surface area contributed by atoms with E-state index in [9.17, 15) is 8.42 Å². The maximum atomic E-state index is 10.5. The summed E-state index contributed by atoms with van der Waals surface area (Å²) in [6, 6.07) is 4.52. The zero-order valence-corrected chi connectivity index (χ0v) is 7.31. The largest absolute Gasteiger partial charge is 0.483 e. The number of hydrogen-bond acceptors (Lipinski definition) is 4. The lowest BCUT2D eigenvalue weighted by Crippen LogP contribution is -2.13. The third-order valence-corrected chi connectivity index (χ3v) is 1.75. The standard InChI is InChI=1S/C5H6N2O2S.CH2O2/c6-10(8,9)5-3-1-2-4-7-5;2-1-3/h1-4H,(H2,6,8,9);1H,(H,2,3). The molecule has 1 rings (SSSR count). The van der Waals surface area contributed by atoms with Gasteiger partial charge in [0, 0.05) is 6.20 Å². The Hall–Kier alpha value is -1.47. The van der Waals surface area contributed by atoms with Gasteiger partial charge >= 0.3 is 0 Å². The molecule has 0 spiro atoms. The molecule has 1 aromatic heterocycles. The fourth-order valence-electron chi connectivity index (χ4n) is 0.515. The summed E-state index contributed by atoms with van der Waals surface area (Å²) in [7, 11) is -3.61. The minimum Gasteiger partial charge on any atom is -0.483 e. The van der Waals surface area contributed by atoms with Crippen LogP contribution >= 0.6 is 0 Å². The summed E-state index contributed by atoms with van der Waals surface area (Å²) in [5, 5.41) is 11.6. The number of pyridine rings is 1. The lowest BCUT2D eigenvalue weighted by molar-refractivity contribution is -0.122. The average molecular weight is 204 g/mol. The van der Waals surface area contributed by atoms with Crippen molar-refractivity contribution in [3.05, 3.63) is 24.4 Å². The van der Waals surface area contributed by atoms with Gasteiger partial charge in [0.2, 0.25) is 0 Å². The molecule has 0 radical (unpaired) electrons. The SMILES string of the molecule is NS(=O)(=O)c1ccccn1.O=CO. The molecule has 0 aliphatic rings. The van der Waals surface area contributed by atoms with Crippen LogP contribution in [-0.4, -0.2) is 25.0 Å². The van der Waals surface area contributed by atoms with Crippen molar-refractivity contribution >= 4 is 16.5 Å². The smallest absolute Gasteiger partial charge is 0.290 e. The van der Waals surface area contributed by atoms with Crippen molar-refractivity contribution in [1.29, 1.82) is 0 Å². The van der Waals surface area contributed by atoms with E-state index in [-0.39, 0.29) is 11.5 Å². The minimum absolute atomic E-state index is 0.102. The minimum atomic E-state index is -3.61. The Morgan fingerprint density at radius 1 is 1.46 bits per heavy atom. The maximum Gasteiger partial charge on any atom is 0.290 e. The fourth-order valence-corrected chi connectivity index (χ4v) is 0.991. The van der Waals surface area contributed by atoms with E-state index < -0.39 is 10.0 Å². The van der Waals surface area contributed by atoms with Gasteiger partial charge in [-0.25, -0.2) is 18.5 Å². The van der Waals surface area contributed by atoms with Gasteiger partial charge in [0.05, 0.1) is 0 Å². The average Bonchev–Trinajstić information content (AvgIpc) is 2.06. The Labute approximate surface area is 75.1 Å².